The molecule has 1 aliphatic carbocycles. The molecule has 0 aromatic rings. The highest BCUT2D eigenvalue weighted by Gasteiger charge is 2.27. The van der Waals surface area contributed by atoms with Gasteiger partial charge in [0.15, 0.2) is 0 Å². The summed E-state index contributed by atoms with van der Waals surface area (Å²) in [7, 11) is 0. The average Bonchev–Trinajstić information content (AvgIpc) is 2.82. The first-order valence-electron chi connectivity index (χ1n) is 7.20. The molecule has 0 spiro atoms. The van der Waals surface area contributed by atoms with Gasteiger partial charge in [-0.25, -0.2) is 0 Å². The van der Waals surface area contributed by atoms with E-state index in [1.54, 1.807) is 0 Å². The van der Waals surface area contributed by atoms with Crippen LogP contribution in [-0.4, -0.2) is 29.9 Å². The number of nitrogens with two attached hydrogens (primary N) is 1. The van der Waals surface area contributed by atoms with Crippen LogP contribution in [0.4, 0.5) is 0 Å². The van der Waals surface area contributed by atoms with Crippen molar-refractivity contribution in [2.75, 3.05) is 13.1 Å². The maximum atomic E-state index is 12.2. The van der Waals surface area contributed by atoms with E-state index in [0.717, 1.165) is 25.9 Å². The Kier molecular flexibility index (Phi) is 4.43. The molecular weight excluding hydrogens is 212 g/mol. The predicted octanol–water partition coefficient (Wildman–Crippen LogP) is 2.15. The van der Waals surface area contributed by atoms with Crippen molar-refractivity contribution >= 4 is 5.91 Å². The van der Waals surface area contributed by atoms with Gasteiger partial charge in [-0.15, -0.1) is 0 Å². The number of rotatable bonds is 3. The summed E-state index contributed by atoms with van der Waals surface area (Å²) in [6.45, 7) is 3.91. The fourth-order valence-electron chi connectivity index (χ4n) is 3.26. The topological polar surface area (TPSA) is 46.3 Å². The number of amides is 1. The third-order valence-electron chi connectivity index (χ3n) is 4.49. The van der Waals surface area contributed by atoms with Crippen LogP contribution >= 0.6 is 0 Å². The smallest absolute Gasteiger partial charge is 0.222 e. The monoisotopic (exact) mass is 238 g/mol. The zero-order chi connectivity index (χ0) is 12.3. The van der Waals surface area contributed by atoms with E-state index in [-0.39, 0.29) is 6.04 Å². The van der Waals surface area contributed by atoms with Crippen LogP contribution in [0.1, 0.15) is 51.9 Å². The maximum Gasteiger partial charge on any atom is 0.222 e. The third kappa shape index (κ3) is 3.44. The van der Waals surface area contributed by atoms with Crippen LogP contribution < -0.4 is 5.73 Å². The fourth-order valence-corrected chi connectivity index (χ4v) is 3.26. The quantitative estimate of drug-likeness (QED) is 0.819. The minimum atomic E-state index is 0.220. The van der Waals surface area contributed by atoms with Gasteiger partial charge in [0.25, 0.3) is 0 Å². The van der Waals surface area contributed by atoms with Crippen molar-refractivity contribution in [3.63, 3.8) is 0 Å². The van der Waals surface area contributed by atoms with Crippen molar-refractivity contribution in [1.82, 2.24) is 4.90 Å². The highest BCUT2D eigenvalue weighted by molar-refractivity contribution is 5.76. The summed E-state index contributed by atoms with van der Waals surface area (Å²) in [4.78, 5) is 14.3. The average molecular weight is 238 g/mol. The number of carbonyl (C=O) groups is 1. The Morgan fingerprint density at radius 2 is 2.00 bits per heavy atom. The Hall–Kier alpha value is -0.570. The second-order valence-electron chi connectivity index (χ2n) is 5.96. The first kappa shape index (κ1) is 12.9. The van der Waals surface area contributed by atoms with Gasteiger partial charge in [-0.3, -0.25) is 4.79 Å². The lowest BCUT2D eigenvalue weighted by atomic mass is 9.91. The summed E-state index contributed by atoms with van der Waals surface area (Å²) in [5.41, 5.74) is 5.96. The Balaban J connectivity index is 1.81. The van der Waals surface area contributed by atoms with Gasteiger partial charge in [-0.2, -0.15) is 0 Å². The van der Waals surface area contributed by atoms with Crippen LogP contribution in [0.15, 0.2) is 0 Å². The van der Waals surface area contributed by atoms with Crippen LogP contribution in [0, 0.1) is 11.8 Å². The van der Waals surface area contributed by atoms with E-state index in [1.165, 1.54) is 32.1 Å². The molecule has 2 N–H and O–H groups in total. The van der Waals surface area contributed by atoms with Crippen LogP contribution in [-0.2, 0) is 4.79 Å². The molecule has 1 amide bonds. The molecule has 2 fully saturated rings. The molecule has 1 saturated carbocycles. The Labute approximate surface area is 105 Å². The highest BCUT2D eigenvalue weighted by atomic mass is 16.2. The van der Waals surface area contributed by atoms with E-state index in [0.29, 0.717) is 17.7 Å². The van der Waals surface area contributed by atoms with Crippen LogP contribution in [0.3, 0.4) is 0 Å². The maximum absolute atomic E-state index is 12.2. The van der Waals surface area contributed by atoms with Gasteiger partial charge in [-0.1, -0.05) is 12.8 Å². The number of hydrogen-bond acceptors (Lipinski definition) is 2. The van der Waals surface area contributed by atoms with Gasteiger partial charge >= 0.3 is 0 Å². The molecule has 2 atom stereocenters. The molecule has 17 heavy (non-hydrogen) atoms. The third-order valence-corrected chi connectivity index (χ3v) is 4.49. The predicted molar refractivity (Wildman–Crippen MR) is 69.5 cm³/mol. The van der Waals surface area contributed by atoms with Crippen molar-refractivity contribution in [1.29, 1.82) is 0 Å². The standard InChI is InChI=1S/C14H26N2O/c1-11(15)13-7-4-8-16(10-13)14(17)9-12-5-2-3-6-12/h11-13H,2-10,15H2,1H3. The summed E-state index contributed by atoms with van der Waals surface area (Å²) < 4.78 is 0. The first-order valence-corrected chi connectivity index (χ1v) is 7.20. The van der Waals surface area contributed by atoms with E-state index in [4.69, 9.17) is 5.73 Å². The summed E-state index contributed by atoms with van der Waals surface area (Å²) in [6, 6.07) is 0.220. The zero-order valence-corrected chi connectivity index (χ0v) is 11.0. The number of hydrogen-bond donors (Lipinski definition) is 1. The molecule has 3 nitrogen and oxygen atoms in total. The molecule has 0 bridgehead atoms. The molecule has 0 aromatic heterocycles. The molecule has 98 valence electrons. The Bertz CT molecular complexity index is 259. The van der Waals surface area contributed by atoms with E-state index in [2.05, 4.69) is 11.8 Å². The van der Waals surface area contributed by atoms with Crippen molar-refractivity contribution in [3.05, 3.63) is 0 Å². The molecule has 2 unspecified atom stereocenters. The van der Waals surface area contributed by atoms with Crippen LogP contribution in [0.25, 0.3) is 0 Å². The lowest BCUT2D eigenvalue weighted by Gasteiger charge is -2.35. The number of likely N-dealkylation sites (tertiary alicyclic amines) is 1. The van der Waals surface area contributed by atoms with Gasteiger partial charge in [0.05, 0.1) is 0 Å². The molecule has 2 aliphatic rings. The summed E-state index contributed by atoms with van der Waals surface area (Å²) in [5, 5.41) is 0. The summed E-state index contributed by atoms with van der Waals surface area (Å²) in [5.74, 6) is 1.55. The second kappa shape index (κ2) is 5.85. The van der Waals surface area contributed by atoms with Crippen molar-refractivity contribution in [2.45, 2.75) is 57.9 Å². The van der Waals surface area contributed by atoms with E-state index in [9.17, 15) is 4.79 Å². The van der Waals surface area contributed by atoms with Gasteiger partial charge in [0.2, 0.25) is 5.91 Å². The van der Waals surface area contributed by atoms with Crippen molar-refractivity contribution in [3.8, 4) is 0 Å². The summed E-state index contributed by atoms with van der Waals surface area (Å²) in [6.07, 6.45) is 8.26. The first-order chi connectivity index (χ1) is 8.16. The van der Waals surface area contributed by atoms with E-state index < -0.39 is 0 Å². The minimum absolute atomic E-state index is 0.220. The van der Waals surface area contributed by atoms with Gasteiger partial charge < -0.3 is 10.6 Å². The SMILES string of the molecule is CC(N)C1CCCN(C(=O)CC2CCCC2)C1. The van der Waals surface area contributed by atoms with Gasteiger partial charge in [0.1, 0.15) is 0 Å². The highest BCUT2D eigenvalue weighted by Crippen LogP contribution is 2.29. The van der Waals surface area contributed by atoms with Crippen LogP contribution in [0.5, 0.6) is 0 Å². The lowest BCUT2D eigenvalue weighted by molar-refractivity contribution is -0.134. The normalized spacial score (nSPS) is 28.4. The lowest BCUT2D eigenvalue weighted by Crippen LogP contribution is -2.45. The molecule has 2 rings (SSSR count). The largest absolute Gasteiger partial charge is 0.342 e. The molecule has 0 radical (unpaired) electrons. The molecule has 0 aromatic carbocycles. The van der Waals surface area contributed by atoms with E-state index in [1.807, 2.05) is 0 Å². The minimum Gasteiger partial charge on any atom is -0.342 e. The zero-order valence-electron chi connectivity index (χ0n) is 11.0. The molecule has 1 saturated heterocycles. The second-order valence-corrected chi connectivity index (χ2v) is 5.96. The van der Waals surface area contributed by atoms with Gasteiger partial charge in [-0.05, 0) is 44.4 Å². The number of carbonyl (C=O) groups excluding carboxylic acids is 1. The summed E-state index contributed by atoms with van der Waals surface area (Å²) >= 11 is 0. The van der Waals surface area contributed by atoms with E-state index >= 15 is 0 Å². The fraction of sp³-hybridized carbons (Fsp3) is 0.929. The molecule has 1 heterocycles. The Morgan fingerprint density at radius 1 is 1.29 bits per heavy atom. The molecule has 3 heteroatoms. The molecule has 1 aliphatic heterocycles. The van der Waals surface area contributed by atoms with Crippen molar-refractivity contribution < 1.29 is 4.79 Å². The van der Waals surface area contributed by atoms with Crippen LogP contribution in [0.2, 0.25) is 0 Å². The number of piperidine rings is 1. The number of nitrogens with zero attached hydrogens (tertiary/aromatic N) is 1. The van der Waals surface area contributed by atoms with Crippen molar-refractivity contribution in [2.24, 2.45) is 17.6 Å². The molecular formula is C14H26N2O. The Morgan fingerprint density at radius 3 is 2.65 bits per heavy atom. The van der Waals surface area contributed by atoms with Gasteiger partial charge in [0, 0.05) is 25.6 Å².